The molecule has 0 aromatic rings. The van der Waals surface area contributed by atoms with Crippen molar-refractivity contribution in [1.82, 2.24) is 10.2 Å². The number of fused-ring (bicyclic) bond motifs is 2. The second-order valence-electron chi connectivity index (χ2n) is 5.92. The highest BCUT2D eigenvalue weighted by molar-refractivity contribution is 4.96. The molecule has 106 valence electrons. The number of nitrogens with zero attached hydrogens (tertiary/aromatic N) is 1. The Kier molecular flexibility index (Phi) is 5.46. The highest BCUT2D eigenvalue weighted by Crippen LogP contribution is 2.35. The van der Waals surface area contributed by atoms with Gasteiger partial charge in [0.2, 0.25) is 0 Å². The first-order valence-electron chi connectivity index (χ1n) is 7.84. The van der Waals surface area contributed by atoms with E-state index in [0.717, 1.165) is 37.9 Å². The van der Waals surface area contributed by atoms with Crippen LogP contribution in [0.2, 0.25) is 0 Å². The molecule has 2 rings (SSSR count). The van der Waals surface area contributed by atoms with Crippen molar-refractivity contribution in [1.29, 1.82) is 0 Å². The van der Waals surface area contributed by atoms with Crippen LogP contribution >= 0.6 is 0 Å². The van der Waals surface area contributed by atoms with Crippen molar-refractivity contribution >= 4 is 0 Å². The molecule has 3 nitrogen and oxygen atoms in total. The molecular formula is C15H30N2O. The van der Waals surface area contributed by atoms with Gasteiger partial charge in [0.25, 0.3) is 0 Å². The largest absolute Gasteiger partial charge is 0.380 e. The van der Waals surface area contributed by atoms with Gasteiger partial charge in [-0.3, -0.25) is 4.90 Å². The molecular weight excluding hydrogens is 224 g/mol. The van der Waals surface area contributed by atoms with Crippen molar-refractivity contribution in [3.05, 3.63) is 0 Å². The van der Waals surface area contributed by atoms with Gasteiger partial charge in [0.1, 0.15) is 0 Å². The van der Waals surface area contributed by atoms with Gasteiger partial charge in [-0.15, -0.1) is 0 Å². The van der Waals surface area contributed by atoms with Crippen LogP contribution in [0.5, 0.6) is 0 Å². The van der Waals surface area contributed by atoms with E-state index in [9.17, 15) is 0 Å². The zero-order chi connectivity index (χ0) is 13.0. The maximum atomic E-state index is 5.63. The zero-order valence-electron chi connectivity index (χ0n) is 12.3. The first-order valence-corrected chi connectivity index (χ1v) is 7.84. The minimum absolute atomic E-state index is 0.586. The molecule has 2 aliphatic heterocycles. The molecule has 3 unspecified atom stereocenters. The third kappa shape index (κ3) is 3.25. The average molecular weight is 254 g/mol. The van der Waals surface area contributed by atoms with E-state index in [1.54, 1.807) is 0 Å². The summed E-state index contributed by atoms with van der Waals surface area (Å²) >= 11 is 0. The Morgan fingerprint density at radius 2 is 1.89 bits per heavy atom. The van der Waals surface area contributed by atoms with Crippen molar-refractivity contribution in [2.24, 2.45) is 0 Å². The highest BCUT2D eigenvalue weighted by Gasteiger charge is 2.39. The smallest absolute Gasteiger partial charge is 0.0619 e. The van der Waals surface area contributed by atoms with Crippen LogP contribution < -0.4 is 5.32 Å². The molecule has 2 bridgehead atoms. The number of nitrogens with one attached hydrogen (secondary N) is 1. The van der Waals surface area contributed by atoms with Crippen LogP contribution in [0, 0.1) is 0 Å². The number of hydrogen-bond acceptors (Lipinski definition) is 3. The Hall–Kier alpha value is -0.120. The number of ether oxygens (including phenoxy) is 1. The van der Waals surface area contributed by atoms with Crippen LogP contribution in [0.3, 0.4) is 0 Å². The Morgan fingerprint density at radius 1 is 1.22 bits per heavy atom. The van der Waals surface area contributed by atoms with Gasteiger partial charge in [0.05, 0.1) is 6.61 Å². The fourth-order valence-corrected chi connectivity index (χ4v) is 3.97. The van der Waals surface area contributed by atoms with Gasteiger partial charge in [0, 0.05) is 30.8 Å². The van der Waals surface area contributed by atoms with Crippen molar-refractivity contribution in [2.75, 3.05) is 19.8 Å². The highest BCUT2D eigenvalue weighted by atomic mass is 16.5. The van der Waals surface area contributed by atoms with Gasteiger partial charge < -0.3 is 10.1 Å². The lowest BCUT2D eigenvalue weighted by atomic mass is 9.80. The molecule has 2 fully saturated rings. The minimum atomic E-state index is 0.586. The molecule has 3 heteroatoms. The molecule has 2 heterocycles. The molecule has 2 aliphatic rings. The van der Waals surface area contributed by atoms with Crippen molar-refractivity contribution in [2.45, 2.75) is 77.0 Å². The van der Waals surface area contributed by atoms with Gasteiger partial charge in [-0.05, 0) is 46.1 Å². The standard InChI is InChI=1S/C15H30N2O/c1-4-16-13-9-14-7-6-8-15(10-13)17(14)12(3)11-18-5-2/h12-16H,4-11H2,1-3H3. The van der Waals surface area contributed by atoms with Crippen molar-refractivity contribution in [3.63, 3.8) is 0 Å². The van der Waals surface area contributed by atoms with E-state index in [1.165, 1.54) is 32.1 Å². The third-order valence-corrected chi connectivity index (χ3v) is 4.60. The number of rotatable bonds is 6. The van der Waals surface area contributed by atoms with Crippen LogP contribution in [-0.2, 0) is 4.74 Å². The minimum Gasteiger partial charge on any atom is -0.380 e. The fraction of sp³-hybridized carbons (Fsp3) is 1.00. The lowest BCUT2D eigenvalue weighted by molar-refractivity contribution is -0.0338. The van der Waals surface area contributed by atoms with Gasteiger partial charge in [-0.25, -0.2) is 0 Å². The van der Waals surface area contributed by atoms with Crippen LogP contribution in [0.15, 0.2) is 0 Å². The SMILES string of the molecule is CCNC1CC2CCCC(C1)N2C(C)COCC. The molecule has 0 spiro atoms. The summed E-state index contributed by atoms with van der Waals surface area (Å²) in [6.45, 7) is 9.50. The first kappa shape index (κ1) is 14.3. The molecule has 1 N–H and O–H groups in total. The predicted octanol–water partition coefficient (Wildman–Crippen LogP) is 2.41. The second-order valence-corrected chi connectivity index (χ2v) is 5.92. The molecule has 18 heavy (non-hydrogen) atoms. The lowest BCUT2D eigenvalue weighted by Crippen LogP contribution is -2.59. The maximum absolute atomic E-state index is 5.63. The molecule has 0 aliphatic carbocycles. The van der Waals surface area contributed by atoms with E-state index in [0.29, 0.717) is 6.04 Å². The summed E-state index contributed by atoms with van der Waals surface area (Å²) in [4.78, 5) is 2.77. The average Bonchev–Trinajstić information content (AvgIpc) is 2.35. The van der Waals surface area contributed by atoms with Crippen LogP contribution in [0.25, 0.3) is 0 Å². The number of piperidine rings is 2. The van der Waals surface area contributed by atoms with Crippen molar-refractivity contribution < 1.29 is 4.74 Å². The van der Waals surface area contributed by atoms with E-state index in [-0.39, 0.29) is 0 Å². The topological polar surface area (TPSA) is 24.5 Å². The van der Waals surface area contributed by atoms with Crippen LogP contribution in [-0.4, -0.2) is 48.8 Å². The number of hydrogen-bond donors (Lipinski definition) is 1. The van der Waals surface area contributed by atoms with E-state index < -0.39 is 0 Å². The van der Waals surface area contributed by atoms with Gasteiger partial charge in [-0.2, -0.15) is 0 Å². The first-order chi connectivity index (χ1) is 8.76. The Balaban J connectivity index is 1.95. The Labute approximate surface area is 112 Å². The molecule has 0 radical (unpaired) electrons. The second kappa shape index (κ2) is 6.88. The predicted molar refractivity (Wildman–Crippen MR) is 75.9 cm³/mol. The normalized spacial score (nSPS) is 34.5. The zero-order valence-corrected chi connectivity index (χ0v) is 12.3. The lowest BCUT2D eigenvalue weighted by Gasteiger charge is -2.51. The monoisotopic (exact) mass is 254 g/mol. The Bertz CT molecular complexity index is 233. The quantitative estimate of drug-likeness (QED) is 0.788. The van der Waals surface area contributed by atoms with E-state index >= 15 is 0 Å². The van der Waals surface area contributed by atoms with Gasteiger partial charge in [-0.1, -0.05) is 13.3 Å². The van der Waals surface area contributed by atoms with E-state index in [2.05, 4.69) is 31.0 Å². The summed E-state index contributed by atoms with van der Waals surface area (Å²) in [7, 11) is 0. The molecule has 3 atom stereocenters. The van der Waals surface area contributed by atoms with Crippen LogP contribution in [0.4, 0.5) is 0 Å². The summed E-state index contributed by atoms with van der Waals surface area (Å²) in [5.74, 6) is 0. The Morgan fingerprint density at radius 3 is 2.44 bits per heavy atom. The van der Waals surface area contributed by atoms with Gasteiger partial charge in [0.15, 0.2) is 0 Å². The van der Waals surface area contributed by atoms with E-state index in [4.69, 9.17) is 4.74 Å². The fourth-order valence-electron chi connectivity index (χ4n) is 3.97. The summed E-state index contributed by atoms with van der Waals surface area (Å²) < 4.78 is 5.63. The van der Waals surface area contributed by atoms with Crippen LogP contribution in [0.1, 0.15) is 52.9 Å². The van der Waals surface area contributed by atoms with E-state index in [1.807, 2.05) is 0 Å². The molecule has 2 saturated heterocycles. The molecule has 0 saturated carbocycles. The maximum Gasteiger partial charge on any atom is 0.0619 e. The third-order valence-electron chi connectivity index (χ3n) is 4.60. The van der Waals surface area contributed by atoms with Gasteiger partial charge >= 0.3 is 0 Å². The molecule has 0 aromatic carbocycles. The molecule has 0 aromatic heterocycles. The summed E-state index contributed by atoms with van der Waals surface area (Å²) in [6, 6.07) is 2.91. The summed E-state index contributed by atoms with van der Waals surface area (Å²) in [5, 5.41) is 3.66. The summed E-state index contributed by atoms with van der Waals surface area (Å²) in [6.07, 6.45) is 6.86. The van der Waals surface area contributed by atoms with Crippen molar-refractivity contribution in [3.8, 4) is 0 Å². The summed E-state index contributed by atoms with van der Waals surface area (Å²) in [5.41, 5.74) is 0. The molecule has 0 amide bonds.